The average molecular weight is 144 g/mol. The number of esters is 1. The number of rotatable bonds is 0. The molecule has 1 rings (SSSR count). The lowest BCUT2D eigenvalue weighted by Gasteiger charge is -2.09. The van der Waals surface area contributed by atoms with Crippen LogP contribution in [0.5, 0.6) is 0 Å². The van der Waals surface area contributed by atoms with E-state index in [4.69, 9.17) is 4.74 Å². The van der Waals surface area contributed by atoms with Crippen molar-refractivity contribution in [3.63, 3.8) is 0 Å². The van der Waals surface area contributed by atoms with Crippen molar-refractivity contribution in [3.05, 3.63) is 0 Å². The minimum atomic E-state index is -0.0602. The first kappa shape index (κ1) is 9.47. The molecule has 0 aromatic carbocycles. The van der Waals surface area contributed by atoms with Gasteiger partial charge in [0.1, 0.15) is 0 Å². The predicted octanol–water partition coefficient (Wildman–Crippen LogP) is 1.99. The van der Waals surface area contributed by atoms with Crippen LogP contribution in [-0.4, -0.2) is 12.6 Å². The fraction of sp³-hybridized carbons (Fsp3) is 0.875. The van der Waals surface area contributed by atoms with Crippen molar-refractivity contribution in [2.75, 3.05) is 6.61 Å². The minimum absolute atomic E-state index is 0.0602. The van der Waals surface area contributed by atoms with Crippen LogP contribution < -0.4 is 0 Å². The lowest BCUT2D eigenvalue weighted by molar-refractivity contribution is -0.137. The Morgan fingerprint density at radius 3 is 2.00 bits per heavy atom. The highest BCUT2D eigenvalue weighted by atomic mass is 16.5. The smallest absolute Gasteiger partial charge is 0.306 e. The third-order valence-electron chi connectivity index (χ3n) is 1.25. The largest absolute Gasteiger partial charge is 0.465 e. The average Bonchev–Trinajstić information content (AvgIpc) is 2.15. The molecular weight excluding hydrogens is 128 g/mol. The second-order valence-electron chi connectivity index (χ2n) is 3.00. The number of carbonyl (C=O) groups excluding carboxylic acids is 1. The van der Waals surface area contributed by atoms with Crippen LogP contribution in [0.2, 0.25) is 0 Å². The van der Waals surface area contributed by atoms with Crippen LogP contribution in [0.15, 0.2) is 0 Å². The Kier molecular flexibility index (Phi) is 3.40. The van der Waals surface area contributed by atoms with Crippen molar-refractivity contribution >= 4 is 5.97 Å². The van der Waals surface area contributed by atoms with E-state index in [1.54, 1.807) is 0 Å². The summed E-state index contributed by atoms with van der Waals surface area (Å²) in [6, 6.07) is 0. The molecule has 2 nitrogen and oxygen atoms in total. The predicted molar refractivity (Wildman–Crippen MR) is 40.7 cm³/mol. The number of carbonyl (C=O) groups is 1. The van der Waals surface area contributed by atoms with Crippen LogP contribution in [0.25, 0.3) is 0 Å². The topological polar surface area (TPSA) is 26.3 Å². The van der Waals surface area contributed by atoms with E-state index in [1.807, 2.05) is 27.7 Å². The summed E-state index contributed by atoms with van der Waals surface area (Å²) in [5, 5.41) is 0. The fourth-order valence-electron chi connectivity index (χ4n) is 0.769. The van der Waals surface area contributed by atoms with E-state index < -0.39 is 0 Å². The van der Waals surface area contributed by atoms with Gasteiger partial charge >= 0.3 is 5.97 Å². The molecule has 1 heterocycles. The lowest BCUT2D eigenvalue weighted by atomic mass is 9.93. The molecule has 1 fully saturated rings. The maximum absolute atomic E-state index is 10.4. The normalized spacial score (nSPS) is 21.0. The van der Waals surface area contributed by atoms with Gasteiger partial charge in [-0.1, -0.05) is 27.7 Å². The summed E-state index contributed by atoms with van der Waals surface area (Å²) < 4.78 is 4.73. The Labute approximate surface area is 62.6 Å². The van der Waals surface area contributed by atoms with Crippen molar-refractivity contribution in [3.8, 4) is 0 Å². The summed E-state index contributed by atoms with van der Waals surface area (Å²) in [5.41, 5.74) is 0.0943. The highest BCUT2D eigenvalue weighted by Crippen LogP contribution is 2.26. The molecule has 0 bridgehead atoms. The van der Waals surface area contributed by atoms with E-state index in [0.717, 1.165) is 0 Å². The van der Waals surface area contributed by atoms with Crippen LogP contribution in [0.1, 0.15) is 34.1 Å². The maximum atomic E-state index is 10.4. The molecule has 0 atom stereocenters. The summed E-state index contributed by atoms with van der Waals surface area (Å²) in [6.07, 6.45) is 0.576. The lowest BCUT2D eigenvalue weighted by Crippen LogP contribution is -2.08. The molecule has 1 aliphatic heterocycles. The van der Waals surface area contributed by atoms with Crippen molar-refractivity contribution < 1.29 is 9.53 Å². The molecule has 0 unspecified atom stereocenters. The first-order valence-electron chi connectivity index (χ1n) is 3.76. The highest BCUT2D eigenvalue weighted by molar-refractivity contribution is 5.72. The molecule has 10 heavy (non-hydrogen) atoms. The van der Waals surface area contributed by atoms with Gasteiger partial charge in [0.15, 0.2) is 0 Å². The first-order valence-corrected chi connectivity index (χ1v) is 3.76. The second-order valence-corrected chi connectivity index (χ2v) is 3.00. The molecular formula is C8H16O2. The first-order chi connectivity index (χ1) is 4.60. The van der Waals surface area contributed by atoms with Gasteiger partial charge in [-0.15, -0.1) is 0 Å². The monoisotopic (exact) mass is 144 g/mol. The van der Waals surface area contributed by atoms with Crippen LogP contribution >= 0.6 is 0 Å². The minimum Gasteiger partial charge on any atom is -0.465 e. The standard InChI is InChI=1S/C6H10O2.C2H6/c1-6(2)3-5(7)8-4-6;1-2/h3-4H2,1-2H3;1-2H3. The van der Waals surface area contributed by atoms with Crippen molar-refractivity contribution in [1.82, 2.24) is 0 Å². The Morgan fingerprint density at radius 1 is 1.40 bits per heavy atom. The van der Waals surface area contributed by atoms with Gasteiger partial charge < -0.3 is 4.74 Å². The number of hydrogen-bond acceptors (Lipinski definition) is 2. The summed E-state index contributed by atoms with van der Waals surface area (Å²) in [6.45, 7) is 8.64. The van der Waals surface area contributed by atoms with Crippen molar-refractivity contribution in [2.45, 2.75) is 34.1 Å². The van der Waals surface area contributed by atoms with E-state index in [0.29, 0.717) is 13.0 Å². The van der Waals surface area contributed by atoms with Crippen LogP contribution in [0.3, 0.4) is 0 Å². The van der Waals surface area contributed by atoms with E-state index in [2.05, 4.69) is 0 Å². The molecule has 0 saturated carbocycles. The van der Waals surface area contributed by atoms with Gasteiger partial charge in [0.05, 0.1) is 13.0 Å². The quantitative estimate of drug-likeness (QED) is 0.486. The van der Waals surface area contributed by atoms with Gasteiger partial charge in [0.2, 0.25) is 0 Å². The number of cyclic esters (lactones) is 1. The van der Waals surface area contributed by atoms with Gasteiger partial charge in [-0.25, -0.2) is 0 Å². The Hall–Kier alpha value is -0.530. The van der Waals surface area contributed by atoms with Gasteiger partial charge in [-0.3, -0.25) is 4.79 Å². The summed E-state index contributed by atoms with van der Waals surface area (Å²) in [5.74, 6) is -0.0602. The van der Waals surface area contributed by atoms with E-state index >= 15 is 0 Å². The molecule has 0 aromatic heterocycles. The zero-order chi connectivity index (χ0) is 8.20. The number of hydrogen-bond donors (Lipinski definition) is 0. The molecule has 0 amide bonds. The van der Waals surface area contributed by atoms with E-state index in [9.17, 15) is 4.79 Å². The van der Waals surface area contributed by atoms with Gasteiger partial charge in [-0.05, 0) is 0 Å². The summed E-state index contributed by atoms with van der Waals surface area (Å²) >= 11 is 0. The molecule has 1 aliphatic rings. The van der Waals surface area contributed by atoms with Gasteiger partial charge in [-0.2, -0.15) is 0 Å². The number of ether oxygens (including phenoxy) is 1. The SMILES string of the molecule is CC.CC1(C)COC(=O)C1. The molecule has 60 valence electrons. The summed E-state index contributed by atoms with van der Waals surface area (Å²) in [4.78, 5) is 10.4. The van der Waals surface area contributed by atoms with Gasteiger partial charge in [0, 0.05) is 5.41 Å². The second kappa shape index (κ2) is 3.59. The van der Waals surface area contributed by atoms with E-state index in [1.165, 1.54) is 0 Å². The maximum Gasteiger partial charge on any atom is 0.306 e. The zero-order valence-corrected chi connectivity index (χ0v) is 7.23. The Bertz CT molecular complexity index is 116. The molecule has 0 aromatic rings. The van der Waals surface area contributed by atoms with Crippen molar-refractivity contribution in [1.29, 1.82) is 0 Å². The van der Waals surface area contributed by atoms with Crippen LogP contribution in [-0.2, 0) is 9.53 Å². The molecule has 0 radical (unpaired) electrons. The Balaban J connectivity index is 0.000000371. The molecule has 0 N–H and O–H groups in total. The summed E-state index contributed by atoms with van der Waals surface area (Å²) in [7, 11) is 0. The molecule has 0 aliphatic carbocycles. The third kappa shape index (κ3) is 2.85. The molecule has 1 saturated heterocycles. The van der Waals surface area contributed by atoms with E-state index in [-0.39, 0.29) is 11.4 Å². The van der Waals surface area contributed by atoms with Crippen LogP contribution in [0, 0.1) is 5.41 Å². The molecule has 0 spiro atoms. The van der Waals surface area contributed by atoms with Gasteiger partial charge in [0.25, 0.3) is 0 Å². The fourth-order valence-corrected chi connectivity index (χ4v) is 0.769. The van der Waals surface area contributed by atoms with Crippen molar-refractivity contribution in [2.24, 2.45) is 5.41 Å². The third-order valence-corrected chi connectivity index (χ3v) is 1.25. The van der Waals surface area contributed by atoms with Crippen LogP contribution in [0.4, 0.5) is 0 Å². The Morgan fingerprint density at radius 2 is 1.90 bits per heavy atom. The highest BCUT2D eigenvalue weighted by Gasteiger charge is 2.30. The zero-order valence-electron chi connectivity index (χ0n) is 7.23. The molecule has 2 heteroatoms.